The maximum atomic E-state index is 13.4. The Balaban J connectivity index is 1.48. The van der Waals surface area contributed by atoms with Crippen LogP contribution in [-0.2, 0) is 29.5 Å². The summed E-state index contributed by atoms with van der Waals surface area (Å²) in [6.45, 7) is 4.26. The second-order valence-corrected chi connectivity index (χ2v) is 14.6. The molecule has 0 aliphatic carbocycles. The predicted molar refractivity (Wildman–Crippen MR) is 183 cm³/mol. The minimum atomic E-state index is -5.26. The molecule has 23 nitrogen and oxygen atoms in total. The zero-order valence-corrected chi connectivity index (χ0v) is 30.5. The molecule has 4 amide bonds. The van der Waals surface area contributed by atoms with Crippen molar-refractivity contribution in [3.05, 3.63) is 56.3 Å². The van der Waals surface area contributed by atoms with E-state index < -0.39 is 81.0 Å². The van der Waals surface area contributed by atoms with Gasteiger partial charge in [0.1, 0.15) is 17.1 Å². The molecule has 1 aliphatic rings. The largest absolute Gasteiger partial charge is 0.503 e. The highest BCUT2D eigenvalue weighted by Gasteiger charge is 2.36. The highest BCUT2D eigenvalue weighted by atomic mass is 32.2. The predicted octanol–water partition coefficient (Wildman–Crippen LogP) is -1.10. The first-order valence-electron chi connectivity index (χ1n) is 15.6. The number of amides is 4. The van der Waals surface area contributed by atoms with Crippen LogP contribution >= 0.6 is 11.3 Å². The molecule has 0 aromatic carbocycles. The maximum absolute atomic E-state index is 13.4. The number of carbonyl (C=O) groups is 5. The number of carboxylic acids is 1. The second-order valence-electron chi connectivity index (χ2n) is 12.4. The molecule has 25 heteroatoms. The normalized spacial score (nSPS) is 16.0. The van der Waals surface area contributed by atoms with E-state index in [1.54, 1.807) is 0 Å². The van der Waals surface area contributed by atoms with Crippen molar-refractivity contribution in [1.29, 1.82) is 0 Å². The number of aromatic nitrogens is 3. The number of aliphatic carboxylic acids is 1. The Bertz CT molecular complexity index is 2160. The summed E-state index contributed by atoms with van der Waals surface area (Å²) in [7, 11) is -5.26. The number of hydrogen-bond donors (Lipinski definition) is 7. The SMILES string of the molecule is Cc1c(O)c(=O)cc(C(=O)N2CCC(c3cc(C(=O)NCC(C(C)NC(=O)/C(=N\OC(C)(C)C(=O)O)c4csc(N)n4)N(C=O)S(=O)(=O)O)on3)C2)n1O. The van der Waals surface area contributed by atoms with Gasteiger partial charge in [0.2, 0.25) is 23.2 Å². The van der Waals surface area contributed by atoms with Gasteiger partial charge in [0.05, 0.1) is 11.7 Å². The Hall–Kier alpha value is -6.08. The molecule has 3 aromatic heterocycles. The molecule has 3 atom stereocenters. The molecule has 3 aromatic rings. The van der Waals surface area contributed by atoms with Crippen LogP contribution in [0.3, 0.4) is 0 Å². The fraction of sp³-hybridized carbons (Fsp3) is 0.414. The number of nitrogens with one attached hydrogen (secondary N) is 2. The zero-order valence-electron chi connectivity index (χ0n) is 28.8. The van der Waals surface area contributed by atoms with Gasteiger partial charge < -0.3 is 46.0 Å². The van der Waals surface area contributed by atoms with Crippen molar-refractivity contribution in [2.75, 3.05) is 25.4 Å². The van der Waals surface area contributed by atoms with Gasteiger partial charge in [0, 0.05) is 49.1 Å². The number of pyridine rings is 1. The quantitative estimate of drug-likeness (QED) is 0.0316. The molecule has 1 fully saturated rings. The molecule has 54 heavy (non-hydrogen) atoms. The zero-order chi connectivity index (χ0) is 40.3. The number of rotatable bonds is 15. The lowest BCUT2D eigenvalue weighted by Gasteiger charge is -2.30. The topological polar surface area (TPSA) is 339 Å². The maximum Gasteiger partial charge on any atom is 0.362 e. The van der Waals surface area contributed by atoms with E-state index in [0.29, 0.717) is 11.2 Å². The molecule has 1 aliphatic heterocycles. The average molecular weight is 798 g/mol. The molecule has 292 valence electrons. The standard InChI is InChI=1S/C29H35N9O14S2/c1-13(32-25(43)22(17-11-53-28(30)33-17)35-52-29(3,4)27(45)46)19(37(12-39)54(48,49)50)9-31-24(42)21-7-16(34-51-21)15-5-6-36(10-15)26(44)18-8-20(40)23(41)14(2)38(18)47/h7-8,11-13,15,19,41,47H,5-6,9-10H2,1-4H3,(H2,30,33)(H,31,42)(H,32,43)(H,45,46)(H,48,49,50)/b35-22-. The van der Waals surface area contributed by atoms with Crippen LogP contribution in [0, 0.1) is 6.92 Å². The van der Waals surface area contributed by atoms with Gasteiger partial charge >= 0.3 is 16.3 Å². The van der Waals surface area contributed by atoms with Gasteiger partial charge in [-0.15, -0.1) is 11.3 Å². The molecule has 4 heterocycles. The third kappa shape index (κ3) is 8.92. The molecular weight excluding hydrogens is 763 g/mol. The van der Waals surface area contributed by atoms with Crippen LogP contribution in [0.15, 0.2) is 32.0 Å². The highest BCUT2D eigenvalue weighted by Crippen LogP contribution is 2.28. The first-order chi connectivity index (χ1) is 25.2. The number of nitrogens with two attached hydrogens (primary N) is 1. The van der Waals surface area contributed by atoms with Crippen molar-refractivity contribution in [3.8, 4) is 5.75 Å². The van der Waals surface area contributed by atoms with Gasteiger partial charge in [-0.1, -0.05) is 10.3 Å². The minimum absolute atomic E-state index is 0.00640. The van der Waals surface area contributed by atoms with E-state index in [4.69, 9.17) is 15.1 Å². The van der Waals surface area contributed by atoms with Crippen molar-refractivity contribution in [2.45, 2.75) is 57.7 Å². The van der Waals surface area contributed by atoms with E-state index in [-0.39, 0.29) is 57.5 Å². The number of nitrogens with zero attached hydrogens (tertiary/aromatic N) is 6. The van der Waals surface area contributed by atoms with Gasteiger partial charge in [0.25, 0.3) is 17.7 Å². The summed E-state index contributed by atoms with van der Waals surface area (Å²) >= 11 is 0.908. The van der Waals surface area contributed by atoms with Crippen molar-refractivity contribution < 1.29 is 61.7 Å². The van der Waals surface area contributed by atoms with Crippen LogP contribution in [0.25, 0.3) is 0 Å². The van der Waals surface area contributed by atoms with Crippen molar-refractivity contribution >= 4 is 62.6 Å². The molecule has 1 saturated heterocycles. The molecule has 3 unspecified atom stereocenters. The lowest BCUT2D eigenvalue weighted by Crippen LogP contribution is -2.57. The molecule has 8 N–H and O–H groups in total. The van der Waals surface area contributed by atoms with Crippen LogP contribution < -0.4 is 21.8 Å². The highest BCUT2D eigenvalue weighted by molar-refractivity contribution is 7.83. The van der Waals surface area contributed by atoms with E-state index in [2.05, 4.69) is 25.9 Å². The lowest BCUT2D eigenvalue weighted by molar-refractivity contribution is -0.161. The Kier molecular flexibility index (Phi) is 12.0. The average Bonchev–Trinajstić information content (AvgIpc) is 3.88. The number of carbonyl (C=O) groups excluding carboxylic acids is 4. The van der Waals surface area contributed by atoms with Crippen molar-refractivity contribution in [2.24, 2.45) is 5.16 Å². The van der Waals surface area contributed by atoms with Crippen LogP contribution in [0.2, 0.25) is 0 Å². The number of oxime groups is 1. The number of anilines is 1. The van der Waals surface area contributed by atoms with Gasteiger partial charge in [-0.2, -0.15) is 13.1 Å². The van der Waals surface area contributed by atoms with E-state index in [1.165, 1.54) is 30.2 Å². The van der Waals surface area contributed by atoms with Gasteiger partial charge in [-0.05, 0) is 34.1 Å². The molecular formula is C29H35N9O14S2. The summed E-state index contributed by atoms with van der Waals surface area (Å²) < 4.78 is 39.5. The monoisotopic (exact) mass is 797 g/mol. The summed E-state index contributed by atoms with van der Waals surface area (Å²) in [4.78, 5) is 85.2. The molecule has 4 rings (SSSR count). The third-order valence-electron chi connectivity index (χ3n) is 8.22. The first-order valence-corrected chi connectivity index (χ1v) is 17.9. The molecule has 0 radical (unpaired) electrons. The van der Waals surface area contributed by atoms with Gasteiger partial charge in [-0.3, -0.25) is 28.5 Å². The smallest absolute Gasteiger partial charge is 0.362 e. The Morgan fingerprint density at radius 1 is 1.30 bits per heavy atom. The summed E-state index contributed by atoms with van der Waals surface area (Å²) in [5.74, 6) is -5.74. The number of likely N-dealkylation sites (tertiary alicyclic amines) is 1. The van der Waals surface area contributed by atoms with Crippen LogP contribution in [0.1, 0.15) is 71.2 Å². The molecule has 0 spiro atoms. The molecule has 0 saturated carbocycles. The Morgan fingerprint density at radius 3 is 2.57 bits per heavy atom. The van der Waals surface area contributed by atoms with Crippen molar-refractivity contribution in [1.82, 2.24) is 34.7 Å². The van der Waals surface area contributed by atoms with Gasteiger partial charge in [-0.25, -0.2) is 14.1 Å². The number of nitrogen functional groups attached to an aromatic ring is 1. The number of aromatic hydroxyl groups is 1. The van der Waals surface area contributed by atoms with Crippen LogP contribution in [0.5, 0.6) is 5.75 Å². The third-order valence-corrected chi connectivity index (χ3v) is 9.78. The summed E-state index contributed by atoms with van der Waals surface area (Å²) in [5, 5.41) is 42.9. The van der Waals surface area contributed by atoms with E-state index in [0.717, 1.165) is 31.3 Å². The fourth-order valence-corrected chi connectivity index (χ4v) is 6.30. The van der Waals surface area contributed by atoms with E-state index >= 15 is 0 Å². The Morgan fingerprint density at radius 2 is 1.98 bits per heavy atom. The second kappa shape index (κ2) is 15.9. The molecule has 0 bridgehead atoms. The van der Waals surface area contributed by atoms with E-state index in [9.17, 15) is 57.2 Å². The van der Waals surface area contributed by atoms with Crippen molar-refractivity contribution in [3.63, 3.8) is 0 Å². The van der Waals surface area contributed by atoms with Crippen LogP contribution in [0.4, 0.5) is 5.13 Å². The number of thiazole rings is 1. The minimum Gasteiger partial charge on any atom is -0.503 e. The van der Waals surface area contributed by atoms with E-state index in [1.807, 2.05) is 0 Å². The summed E-state index contributed by atoms with van der Waals surface area (Å²) in [6, 6.07) is -1.03. The number of hydrogen-bond acceptors (Lipinski definition) is 17. The summed E-state index contributed by atoms with van der Waals surface area (Å²) in [6.07, 6.45) is 0.0877. The van der Waals surface area contributed by atoms with Gasteiger partial charge in [0.15, 0.2) is 16.6 Å². The Labute approximate surface area is 308 Å². The van der Waals surface area contributed by atoms with Crippen LogP contribution in [-0.4, -0.2) is 126 Å². The lowest BCUT2D eigenvalue weighted by atomic mass is 10.0. The first kappa shape index (κ1) is 40.7. The summed E-state index contributed by atoms with van der Waals surface area (Å²) in [5.41, 5.74) is 1.81. The fourth-order valence-electron chi connectivity index (χ4n) is 5.05. The number of carboxylic acid groups (broad SMARTS) is 1.